The van der Waals surface area contributed by atoms with Crippen LogP contribution in [-0.2, 0) is 11.3 Å². The second kappa shape index (κ2) is 6.31. The fourth-order valence-electron chi connectivity index (χ4n) is 1.81. The summed E-state index contributed by atoms with van der Waals surface area (Å²) in [5.41, 5.74) is 2.07. The molecule has 4 nitrogen and oxygen atoms in total. The molecule has 18 heavy (non-hydrogen) atoms. The van der Waals surface area contributed by atoms with Crippen LogP contribution in [0.1, 0.15) is 12.7 Å². The molecule has 5 heteroatoms. The van der Waals surface area contributed by atoms with Crippen LogP contribution in [0.2, 0.25) is 0 Å². The summed E-state index contributed by atoms with van der Waals surface area (Å²) in [4.78, 5) is 10.1. The van der Waals surface area contributed by atoms with Crippen molar-refractivity contribution < 1.29 is 4.74 Å². The van der Waals surface area contributed by atoms with E-state index < -0.39 is 0 Å². The second-order valence-corrected chi connectivity index (χ2v) is 5.20. The molecule has 0 aliphatic rings. The monoisotopic (exact) mass is 311 g/mol. The molecule has 0 radical (unpaired) electrons. The number of aromatic amines is 1. The Morgan fingerprint density at radius 3 is 3.06 bits per heavy atom. The number of ether oxygens (including phenoxy) is 1. The lowest BCUT2D eigenvalue weighted by Gasteiger charge is -2.14. The van der Waals surface area contributed by atoms with Crippen LogP contribution >= 0.6 is 15.9 Å². The minimum absolute atomic E-state index is 0.763. The molecule has 0 unspecified atom stereocenters. The van der Waals surface area contributed by atoms with Crippen LogP contribution in [0.4, 0.5) is 0 Å². The van der Waals surface area contributed by atoms with Crippen LogP contribution in [-0.4, -0.2) is 41.7 Å². The molecule has 0 saturated carbocycles. The van der Waals surface area contributed by atoms with Gasteiger partial charge in [0.25, 0.3) is 0 Å². The van der Waals surface area contributed by atoms with Crippen molar-refractivity contribution in [1.29, 1.82) is 0 Å². The third kappa shape index (κ3) is 3.54. The number of fused-ring (bicyclic) bond motifs is 1. The highest BCUT2D eigenvalue weighted by Crippen LogP contribution is 2.18. The van der Waals surface area contributed by atoms with Crippen LogP contribution in [0.5, 0.6) is 0 Å². The third-order valence-corrected chi connectivity index (χ3v) is 3.23. The van der Waals surface area contributed by atoms with Gasteiger partial charge in [-0.2, -0.15) is 0 Å². The molecule has 0 amide bonds. The fraction of sp³-hybridized carbons (Fsp3) is 0.462. The van der Waals surface area contributed by atoms with Crippen LogP contribution in [0.3, 0.4) is 0 Å². The van der Waals surface area contributed by atoms with Gasteiger partial charge in [0.15, 0.2) is 0 Å². The number of rotatable bonds is 6. The van der Waals surface area contributed by atoms with Crippen molar-refractivity contribution in [3.05, 3.63) is 28.5 Å². The maximum atomic E-state index is 5.34. The van der Waals surface area contributed by atoms with Crippen LogP contribution in [0.25, 0.3) is 11.0 Å². The summed E-state index contributed by atoms with van der Waals surface area (Å²) < 4.78 is 6.40. The van der Waals surface area contributed by atoms with Gasteiger partial charge in [-0.05, 0) is 32.2 Å². The zero-order valence-corrected chi connectivity index (χ0v) is 12.3. The number of aromatic nitrogens is 2. The highest BCUT2D eigenvalue weighted by Gasteiger charge is 2.06. The number of nitrogens with one attached hydrogen (secondary N) is 1. The minimum atomic E-state index is 0.763. The fourth-order valence-corrected chi connectivity index (χ4v) is 2.17. The summed E-state index contributed by atoms with van der Waals surface area (Å²) in [7, 11) is 2.07. The second-order valence-electron chi connectivity index (χ2n) is 4.28. The summed E-state index contributed by atoms with van der Waals surface area (Å²) in [6.07, 6.45) is 0. The first-order chi connectivity index (χ1) is 8.69. The molecule has 98 valence electrons. The van der Waals surface area contributed by atoms with Crippen molar-refractivity contribution in [1.82, 2.24) is 14.9 Å². The number of likely N-dealkylation sites (N-methyl/N-ethyl adjacent to an activating group) is 1. The third-order valence-electron chi connectivity index (χ3n) is 2.73. The van der Waals surface area contributed by atoms with E-state index in [0.717, 1.165) is 47.6 Å². The molecule has 0 aliphatic carbocycles. The number of imidazole rings is 1. The predicted octanol–water partition coefficient (Wildman–Crippen LogP) is 2.79. The molecular weight excluding hydrogens is 294 g/mol. The first-order valence-corrected chi connectivity index (χ1v) is 6.88. The van der Waals surface area contributed by atoms with Gasteiger partial charge in [-0.3, -0.25) is 4.90 Å². The molecule has 0 aliphatic heterocycles. The quantitative estimate of drug-likeness (QED) is 0.834. The number of hydrogen-bond donors (Lipinski definition) is 1. The Labute approximate surface area is 115 Å². The molecule has 2 rings (SSSR count). The summed E-state index contributed by atoms with van der Waals surface area (Å²) in [6.45, 7) is 5.26. The van der Waals surface area contributed by atoms with E-state index in [4.69, 9.17) is 4.74 Å². The number of halogens is 1. The van der Waals surface area contributed by atoms with Crippen molar-refractivity contribution in [3.63, 3.8) is 0 Å². The van der Waals surface area contributed by atoms with Gasteiger partial charge >= 0.3 is 0 Å². The maximum absolute atomic E-state index is 5.34. The van der Waals surface area contributed by atoms with E-state index in [0.29, 0.717) is 0 Å². The molecule has 1 heterocycles. The van der Waals surface area contributed by atoms with E-state index in [1.54, 1.807) is 0 Å². The summed E-state index contributed by atoms with van der Waals surface area (Å²) in [5.74, 6) is 0.988. The van der Waals surface area contributed by atoms with E-state index in [9.17, 15) is 0 Å². The van der Waals surface area contributed by atoms with Crippen LogP contribution in [0.15, 0.2) is 22.7 Å². The van der Waals surface area contributed by atoms with Crippen molar-refractivity contribution in [2.24, 2.45) is 0 Å². The first kappa shape index (κ1) is 13.5. The molecule has 1 N–H and O–H groups in total. The highest BCUT2D eigenvalue weighted by molar-refractivity contribution is 9.10. The summed E-state index contributed by atoms with van der Waals surface area (Å²) in [6, 6.07) is 6.07. The molecule has 0 bridgehead atoms. The smallest absolute Gasteiger partial charge is 0.121 e. The zero-order valence-electron chi connectivity index (χ0n) is 10.7. The summed E-state index contributed by atoms with van der Waals surface area (Å²) in [5, 5.41) is 0. The lowest BCUT2D eigenvalue weighted by molar-refractivity contribution is 0.119. The molecule has 0 atom stereocenters. The number of H-pyrrole nitrogens is 1. The van der Waals surface area contributed by atoms with Gasteiger partial charge in [-0.1, -0.05) is 15.9 Å². The van der Waals surface area contributed by atoms with Gasteiger partial charge in [0.05, 0.1) is 24.2 Å². The van der Waals surface area contributed by atoms with Crippen molar-refractivity contribution >= 4 is 27.0 Å². The van der Waals surface area contributed by atoms with E-state index in [2.05, 4.69) is 37.8 Å². The van der Waals surface area contributed by atoms with Crippen LogP contribution in [0, 0.1) is 0 Å². The van der Waals surface area contributed by atoms with E-state index in [-0.39, 0.29) is 0 Å². The van der Waals surface area contributed by atoms with Crippen molar-refractivity contribution in [2.45, 2.75) is 13.5 Å². The Balaban J connectivity index is 1.98. The Morgan fingerprint density at radius 1 is 1.44 bits per heavy atom. The molecule has 0 fully saturated rings. The lowest BCUT2D eigenvalue weighted by atomic mass is 10.3. The first-order valence-electron chi connectivity index (χ1n) is 6.09. The van der Waals surface area contributed by atoms with Gasteiger partial charge in [0.1, 0.15) is 5.82 Å². The molecule has 0 spiro atoms. The molecule has 0 saturated heterocycles. The van der Waals surface area contributed by atoms with Gasteiger partial charge < -0.3 is 9.72 Å². The van der Waals surface area contributed by atoms with Crippen molar-refractivity contribution in [3.8, 4) is 0 Å². The molecule has 1 aromatic heterocycles. The normalized spacial score (nSPS) is 11.6. The van der Waals surface area contributed by atoms with Gasteiger partial charge in [0, 0.05) is 17.6 Å². The van der Waals surface area contributed by atoms with Crippen LogP contribution < -0.4 is 0 Å². The standard InChI is InChI=1S/C13H18BrN3O/c1-3-18-7-6-17(2)9-13-15-11-5-4-10(14)8-12(11)16-13/h4-5,8H,3,6-7,9H2,1-2H3,(H,15,16). The number of nitrogens with zero attached hydrogens (tertiary/aromatic N) is 2. The average Bonchev–Trinajstić information content (AvgIpc) is 2.70. The summed E-state index contributed by atoms with van der Waals surface area (Å²) >= 11 is 3.46. The topological polar surface area (TPSA) is 41.1 Å². The highest BCUT2D eigenvalue weighted by atomic mass is 79.9. The molecule has 2 aromatic rings. The number of hydrogen-bond acceptors (Lipinski definition) is 3. The molecule has 1 aromatic carbocycles. The Kier molecular flexibility index (Phi) is 4.74. The predicted molar refractivity (Wildman–Crippen MR) is 76.6 cm³/mol. The van der Waals surface area contributed by atoms with Gasteiger partial charge in [0.2, 0.25) is 0 Å². The lowest BCUT2D eigenvalue weighted by Crippen LogP contribution is -2.23. The van der Waals surface area contributed by atoms with Crippen molar-refractivity contribution in [2.75, 3.05) is 26.8 Å². The maximum Gasteiger partial charge on any atom is 0.121 e. The largest absolute Gasteiger partial charge is 0.380 e. The average molecular weight is 312 g/mol. The Bertz CT molecular complexity index is 512. The SMILES string of the molecule is CCOCCN(C)Cc1nc2ccc(Br)cc2[nH]1. The van der Waals surface area contributed by atoms with Gasteiger partial charge in [-0.25, -0.2) is 4.98 Å². The molecular formula is C13H18BrN3O. The van der Waals surface area contributed by atoms with E-state index >= 15 is 0 Å². The Hall–Kier alpha value is -0.910. The van der Waals surface area contributed by atoms with E-state index in [1.165, 1.54) is 0 Å². The Morgan fingerprint density at radius 2 is 2.28 bits per heavy atom. The minimum Gasteiger partial charge on any atom is -0.380 e. The zero-order chi connectivity index (χ0) is 13.0. The van der Waals surface area contributed by atoms with E-state index in [1.807, 2.05) is 25.1 Å². The number of benzene rings is 1. The van der Waals surface area contributed by atoms with Gasteiger partial charge in [-0.15, -0.1) is 0 Å².